The lowest BCUT2D eigenvalue weighted by atomic mass is 10.1. The second-order valence-electron chi connectivity index (χ2n) is 2.93. The maximum absolute atomic E-state index is 12.9. The van der Waals surface area contributed by atoms with Crippen molar-refractivity contribution in [3.8, 4) is 0 Å². The molecule has 0 amide bonds. The molecule has 0 fully saturated rings. The van der Waals surface area contributed by atoms with Gasteiger partial charge in [-0.25, -0.2) is 4.39 Å². The average molecular weight is 261 g/mol. The van der Waals surface area contributed by atoms with Crippen molar-refractivity contribution in [2.45, 2.75) is 6.42 Å². The molecular formula is C10H10BrFO2. The van der Waals surface area contributed by atoms with E-state index in [1.54, 1.807) is 6.07 Å². The first-order valence-electron chi connectivity index (χ1n) is 4.07. The number of hydrogen-bond acceptors (Lipinski definition) is 2. The Morgan fingerprint density at radius 2 is 2.21 bits per heavy atom. The summed E-state index contributed by atoms with van der Waals surface area (Å²) in [6.45, 7) is 0.0636. The van der Waals surface area contributed by atoms with E-state index in [1.807, 2.05) is 0 Å². The minimum absolute atomic E-state index is 0.0636. The van der Waals surface area contributed by atoms with Crippen LogP contribution in [0.25, 0.3) is 0 Å². The molecule has 14 heavy (non-hydrogen) atoms. The third kappa shape index (κ3) is 3.55. The summed E-state index contributed by atoms with van der Waals surface area (Å²) < 4.78 is 18.2. The van der Waals surface area contributed by atoms with Gasteiger partial charge >= 0.3 is 0 Å². The van der Waals surface area contributed by atoms with Crippen molar-refractivity contribution in [1.29, 1.82) is 0 Å². The van der Waals surface area contributed by atoms with Crippen LogP contribution in [0, 0.1) is 5.82 Å². The van der Waals surface area contributed by atoms with E-state index in [-0.39, 0.29) is 24.6 Å². The maximum Gasteiger partial charge on any atom is 0.162 e. The number of halogens is 2. The summed E-state index contributed by atoms with van der Waals surface area (Å²) in [4.78, 5) is 11.2. The summed E-state index contributed by atoms with van der Waals surface area (Å²) >= 11 is 3.16. The topological polar surface area (TPSA) is 26.3 Å². The van der Waals surface area contributed by atoms with E-state index in [2.05, 4.69) is 20.7 Å². The molecule has 0 spiro atoms. The SMILES string of the molecule is COCC(=O)Cc1cc(F)cc(Br)c1. The van der Waals surface area contributed by atoms with Crippen molar-refractivity contribution in [3.63, 3.8) is 0 Å². The number of hydrogen-bond donors (Lipinski definition) is 0. The predicted molar refractivity (Wildman–Crippen MR) is 54.7 cm³/mol. The zero-order chi connectivity index (χ0) is 10.6. The molecule has 2 nitrogen and oxygen atoms in total. The van der Waals surface area contributed by atoms with Gasteiger partial charge in [-0.1, -0.05) is 15.9 Å². The molecule has 0 aliphatic carbocycles. The molecule has 0 heterocycles. The second kappa shape index (κ2) is 5.22. The first kappa shape index (κ1) is 11.3. The van der Waals surface area contributed by atoms with Crippen LogP contribution in [-0.4, -0.2) is 19.5 Å². The van der Waals surface area contributed by atoms with Gasteiger partial charge in [0.25, 0.3) is 0 Å². The van der Waals surface area contributed by atoms with Gasteiger partial charge in [0.1, 0.15) is 12.4 Å². The first-order valence-corrected chi connectivity index (χ1v) is 4.86. The van der Waals surface area contributed by atoms with Crippen LogP contribution < -0.4 is 0 Å². The van der Waals surface area contributed by atoms with Gasteiger partial charge in [0.15, 0.2) is 5.78 Å². The zero-order valence-electron chi connectivity index (χ0n) is 7.72. The fourth-order valence-electron chi connectivity index (χ4n) is 1.15. The molecule has 4 heteroatoms. The first-order chi connectivity index (χ1) is 6.61. The van der Waals surface area contributed by atoms with E-state index in [4.69, 9.17) is 0 Å². The Bertz CT molecular complexity index is 319. The quantitative estimate of drug-likeness (QED) is 0.831. The summed E-state index contributed by atoms with van der Waals surface area (Å²) in [5.74, 6) is -0.412. The third-order valence-electron chi connectivity index (χ3n) is 1.63. The molecule has 0 saturated carbocycles. The molecule has 0 N–H and O–H groups in total. The highest BCUT2D eigenvalue weighted by Gasteiger charge is 2.05. The number of ketones is 1. The minimum atomic E-state index is -0.348. The van der Waals surface area contributed by atoms with Gasteiger partial charge in [-0.3, -0.25) is 4.79 Å². The van der Waals surface area contributed by atoms with Crippen LogP contribution in [0.15, 0.2) is 22.7 Å². The van der Waals surface area contributed by atoms with Crippen LogP contribution in [0.3, 0.4) is 0 Å². The summed E-state index contributed by atoms with van der Waals surface area (Å²) in [5.41, 5.74) is 0.652. The third-order valence-corrected chi connectivity index (χ3v) is 2.09. The van der Waals surface area contributed by atoms with Crippen LogP contribution in [0.1, 0.15) is 5.56 Å². The largest absolute Gasteiger partial charge is 0.377 e. The van der Waals surface area contributed by atoms with Gasteiger partial charge in [-0.05, 0) is 23.8 Å². The van der Waals surface area contributed by atoms with Crippen LogP contribution in [0.4, 0.5) is 4.39 Å². The number of benzene rings is 1. The Balaban J connectivity index is 2.71. The molecule has 0 aliphatic heterocycles. The lowest BCUT2D eigenvalue weighted by molar-refractivity contribution is -0.121. The standard InChI is InChI=1S/C10H10BrFO2/c1-14-6-10(13)4-7-2-8(11)5-9(12)3-7/h2-3,5H,4,6H2,1H3. The number of Topliss-reactive ketones (excluding diaryl/α,β-unsaturated/α-hetero) is 1. The molecular weight excluding hydrogens is 251 g/mol. The summed E-state index contributed by atoms with van der Waals surface area (Å²) in [6.07, 6.45) is 0.199. The van der Waals surface area contributed by atoms with Gasteiger partial charge in [0.2, 0.25) is 0 Å². The van der Waals surface area contributed by atoms with E-state index in [0.717, 1.165) is 0 Å². The lowest BCUT2D eigenvalue weighted by Gasteiger charge is -2.01. The fraction of sp³-hybridized carbons (Fsp3) is 0.300. The number of rotatable bonds is 4. The van der Waals surface area contributed by atoms with Crippen molar-refractivity contribution < 1.29 is 13.9 Å². The molecule has 0 unspecified atom stereocenters. The highest BCUT2D eigenvalue weighted by Crippen LogP contribution is 2.15. The smallest absolute Gasteiger partial charge is 0.162 e. The van der Waals surface area contributed by atoms with Crippen LogP contribution in [-0.2, 0) is 16.0 Å². The Labute approximate surface area is 90.2 Å². The van der Waals surface area contributed by atoms with Crippen molar-refractivity contribution in [2.75, 3.05) is 13.7 Å². The molecule has 0 radical (unpaired) electrons. The fourth-order valence-corrected chi connectivity index (χ4v) is 1.67. The minimum Gasteiger partial charge on any atom is -0.377 e. The van der Waals surface area contributed by atoms with Crippen molar-refractivity contribution in [1.82, 2.24) is 0 Å². The van der Waals surface area contributed by atoms with Gasteiger partial charge < -0.3 is 4.74 Å². The van der Waals surface area contributed by atoms with Gasteiger partial charge in [0, 0.05) is 18.0 Å². The Morgan fingerprint density at radius 1 is 1.50 bits per heavy atom. The van der Waals surface area contributed by atoms with E-state index < -0.39 is 0 Å². The Morgan fingerprint density at radius 3 is 2.79 bits per heavy atom. The second-order valence-corrected chi connectivity index (χ2v) is 3.84. The predicted octanol–water partition coefficient (Wildman–Crippen LogP) is 2.35. The molecule has 1 rings (SSSR count). The Kier molecular flexibility index (Phi) is 4.22. The zero-order valence-corrected chi connectivity index (χ0v) is 9.30. The maximum atomic E-state index is 12.9. The summed E-state index contributed by atoms with van der Waals surface area (Å²) in [7, 11) is 1.46. The van der Waals surface area contributed by atoms with Crippen LogP contribution in [0.5, 0.6) is 0 Å². The summed E-state index contributed by atoms with van der Waals surface area (Å²) in [6, 6.07) is 4.42. The number of ether oxygens (including phenoxy) is 1. The Hall–Kier alpha value is -0.740. The van der Waals surface area contributed by atoms with Crippen LogP contribution in [0.2, 0.25) is 0 Å². The molecule has 76 valence electrons. The number of carbonyl (C=O) groups excluding carboxylic acids is 1. The molecule has 0 atom stereocenters. The molecule has 0 aromatic heterocycles. The van der Waals surface area contributed by atoms with Crippen molar-refractivity contribution in [3.05, 3.63) is 34.1 Å². The van der Waals surface area contributed by atoms with Crippen molar-refractivity contribution in [2.24, 2.45) is 0 Å². The van der Waals surface area contributed by atoms with Gasteiger partial charge in [-0.2, -0.15) is 0 Å². The molecule has 1 aromatic carbocycles. The monoisotopic (exact) mass is 260 g/mol. The lowest BCUT2D eigenvalue weighted by Crippen LogP contribution is -2.09. The molecule has 0 bridgehead atoms. The molecule has 0 saturated heterocycles. The average Bonchev–Trinajstić information content (AvgIpc) is 2.01. The van der Waals surface area contributed by atoms with Crippen LogP contribution >= 0.6 is 15.9 Å². The molecule has 0 aliphatic rings. The van der Waals surface area contributed by atoms with E-state index in [9.17, 15) is 9.18 Å². The number of methoxy groups -OCH3 is 1. The van der Waals surface area contributed by atoms with E-state index >= 15 is 0 Å². The highest BCUT2D eigenvalue weighted by molar-refractivity contribution is 9.10. The van der Waals surface area contributed by atoms with E-state index in [0.29, 0.717) is 10.0 Å². The normalized spacial score (nSPS) is 10.2. The highest BCUT2D eigenvalue weighted by atomic mass is 79.9. The molecule has 1 aromatic rings. The van der Waals surface area contributed by atoms with E-state index in [1.165, 1.54) is 19.2 Å². The van der Waals surface area contributed by atoms with Gasteiger partial charge in [0.05, 0.1) is 0 Å². The summed E-state index contributed by atoms with van der Waals surface area (Å²) in [5, 5.41) is 0. The number of carbonyl (C=O) groups is 1. The van der Waals surface area contributed by atoms with Crippen molar-refractivity contribution >= 4 is 21.7 Å². The van der Waals surface area contributed by atoms with Gasteiger partial charge in [-0.15, -0.1) is 0 Å².